The van der Waals surface area contributed by atoms with E-state index in [0.717, 1.165) is 5.92 Å². The van der Waals surface area contributed by atoms with Gasteiger partial charge in [0.15, 0.2) is 0 Å². The van der Waals surface area contributed by atoms with Crippen LogP contribution in [0.1, 0.15) is 25.0 Å². The van der Waals surface area contributed by atoms with Crippen LogP contribution < -0.4 is 0 Å². The number of halogens is 1. The molecule has 1 aromatic rings. The summed E-state index contributed by atoms with van der Waals surface area (Å²) < 4.78 is 13.4. The van der Waals surface area contributed by atoms with Gasteiger partial charge in [-0.2, -0.15) is 0 Å². The molecule has 1 aromatic carbocycles. The first-order chi connectivity index (χ1) is 5.66. The van der Waals surface area contributed by atoms with Gasteiger partial charge in [-0.1, -0.05) is 31.9 Å². The van der Waals surface area contributed by atoms with Gasteiger partial charge in [-0.25, -0.2) is 4.39 Å². The smallest absolute Gasteiger partial charge is 0.142 e. The molecule has 0 fully saturated rings. The lowest BCUT2D eigenvalue weighted by Crippen LogP contribution is -1.95. The normalized spacial score (nSPS) is 9.92. The van der Waals surface area contributed by atoms with Crippen molar-refractivity contribution >= 4 is 0 Å². The lowest BCUT2D eigenvalue weighted by molar-refractivity contribution is 0.612. The quantitative estimate of drug-likeness (QED) is 0.555. The molecule has 12 heavy (non-hydrogen) atoms. The lowest BCUT2D eigenvalue weighted by atomic mass is 10.0. The molecule has 0 atom stereocenters. The van der Waals surface area contributed by atoms with Crippen molar-refractivity contribution in [1.82, 2.24) is 0 Å². The Labute approximate surface area is 72.4 Å². The van der Waals surface area contributed by atoms with Gasteiger partial charge in [0.2, 0.25) is 0 Å². The topological polar surface area (TPSA) is 0 Å². The van der Waals surface area contributed by atoms with Crippen LogP contribution in [0.15, 0.2) is 18.2 Å². The van der Waals surface area contributed by atoms with Crippen LogP contribution in [0, 0.1) is 24.1 Å². The van der Waals surface area contributed by atoms with Crippen molar-refractivity contribution in [3.63, 3.8) is 0 Å². The van der Waals surface area contributed by atoms with E-state index in [4.69, 9.17) is 6.42 Å². The molecular weight excluding hydrogens is 151 g/mol. The summed E-state index contributed by atoms with van der Waals surface area (Å²) in [6.07, 6.45) is 5.12. The number of hydrogen-bond acceptors (Lipinski definition) is 0. The largest absolute Gasteiger partial charge is 0.205 e. The van der Waals surface area contributed by atoms with Crippen molar-refractivity contribution in [2.45, 2.75) is 13.8 Å². The van der Waals surface area contributed by atoms with Crippen LogP contribution in [0.3, 0.4) is 0 Å². The Morgan fingerprint density at radius 1 is 1.42 bits per heavy atom. The van der Waals surface area contributed by atoms with Crippen molar-refractivity contribution in [3.05, 3.63) is 41.1 Å². The molecule has 0 aliphatic carbocycles. The standard InChI is InChI=1S/C11H10F/c1-4-9-6-5-7-10(8(2)3)11(9)12/h1,5-7H,2-3H3. The Bertz CT molecular complexity index is 318. The van der Waals surface area contributed by atoms with E-state index in [1.54, 1.807) is 18.2 Å². The molecule has 0 aliphatic heterocycles. The molecule has 1 heteroatoms. The minimum atomic E-state index is -0.292. The summed E-state index contributed by atoms with van der Waals surface area (Å²) in [6.45, 7) is 3.72. The first-order valence-electron chi connectivity index (χ1n) is 3.72. The Morgan fingerprint density at radius 2 is 2.08 bits per heavy atom. The fraction of sp³-hybridized carbons (Fsp3) is 0.182. The monoisotopic (exact) mass is 161 g/mol. The second kappa shape index (κ2) is 3.40. The summed E-state index contributed by atoms with van der Waals surface area (Å²) >= 11 is 0. The van der Waals surface area contributed by atoms with Gasteiger partial charge in [-0.15, -0.1) is 6.42 Å². The highest BCUT2D eigenvalue weighted by Gasteiger charge is 2.08. The molecule has 0 aliphatic rings. The van der Waals surface area contributed by atoms with Gasteiger partial charge < -0.3 is 0 Å². The Morgan fingerprint density at radius 3 is 2.58 bits per heavy atom. The van der Waals surface area contributed by atoms with Gasteiger partial charge in [0, 0.05) is 5.92 Å². The van der Waals surface area contributed by atoms with Gasteiger partial charge in [0.05, 0.1) is 5.56 Å². The Kier molecular flexibility index (Phi) is 2.50. The third-order valence-electron chi connectivity index (χ3n) is 1.69. The van der Waals surface area contributed by atoms with E-state index in [-0.39, 0.29) is 5.82 Å². The molecule has 0 aromatic heterocycles. The Balaban J connectivity index is 3.25. The van der Waals surface area contributed by atoms with E-state index in [2.05, 4.69) is 5.92 Å². The van der Waals surface area contributed by atoms with Crippen LogP contribution in [0.2, 0.25) is 0 Å². The maximum absolute atomic E-state index is 13.4. The average Bonchev–Trinajstić information content (AvgIpc) is 2.04. The van der Waals surface area contributed by atoms with Crippen LogP contribution in [-0.4, -0.2) is 0 Å². The van der Waals surface area contributed by atoms with Crippen molar-refractivity contribution in [1.29, 1.82) is 0 Å². The van der Waals surface area contributed by atoms with Gasteiger partial charge in [0.1, 0.15) is 5.82 Å². The zero-order valence-corrected chi connectivity index (χ0v) is 7.19. The summed E-state index contributed by atoms with van der Waals surface area (Å²) in [5.41, 5.74) is 0.930. The SMILES string of the molecule is C#Cc1cccc([C](C)C)c1F. The first-order valence-corrected chi connectivity index (χ1v) is 3.72. The number of rotatable bonds is 1. The van der Waals surface area contributed by atoms with Crippen LogP contribution in [-0.2, 0) is 0 Å². The van der Waals surface area contributed by atoms with Crippen molar-refractivity contribution in [2.24, 2.45) is 0 Å². The molecular formula is C11H10F. The van der Waals surface area contributed by atoms with Gasteiger partial charge >= 0.3 is 0 Å². The molecule has 1 radical (unpaired) electrons. The minimum Gasteiger partial charge on any atom is -0.205 e. The highest BCUT2D eigenvalue weighted by molar-refractivity contribution is 5.41. The molecule has 0 bridgehead atoms. The molecule has 0 amide bonds. The minimum absolute atomic E-state index is 0.292. The lowest BCUT2D eigenvalue weighted by Gasteiger charge is -2.06. The third kappa shape index (κ3) is 1.48. The van der Waals surface area contributed by atoms with E-state index in [1.165, 1.54) is 0 Å². The molecule has 0 unspecified atom stereocenters. The van der Waals surface area contributed by atoms with Gasteiger partial charge in [-0.05, 0) is 11.6 Å². The number of terminal acetylenes is 1. The maximum atomic E-state index is 13.4. The highest BCUT2D eigenvalue weighted by atomic mass is 19.1. The molecule has 0 saturated carbocycles. The third-order valence-corrected chi connectivity index (χ3v) is 1.69. The van der Waals surface area contributed by atoms with Crippen molar-refractivity contribution in [2.75, 3.05) is 0 Å². The predicted molar refractivity (Wildman–Crippen MR) is 48.0 cm³/mol. The van der Waals surface area contributed by atoms with Crippen LogP contribution >= 0.6 is 0 Å². The molecule has 0 nitrogen and oxygen atoms in total. The Hall–Kier alpha value is -1.29. The number of benzene rings is 1. The molecule has 1 rings (SSSR count). The zero-order valence-electron chi connectivity index (χ0n) is 7.19. The summed E-state index contributed by atoms with van der Waals surface area (Å²) in [7, 11) is 0. The summed E-state index contributed by atoms with van der Waals surface area (Å²) in [5.74, 6) is 2.95. The summed E-state index contributed by atoms with van der Waals surface area (Å²) in [5, 5.41) is 0. The van der Waals surface area contributed by atoms with E-state index < -0.39 is 0 Å². The predicted octanol–water partition coefficient (Wildman–Crippen LogP) is 2.77. The summed E-state index contributed by atoms with van der Waals surface area (Å²) in [6, 6.07) is 5.09. The van der Waals surface area contributed by atoms with Crippen molar-refractivity contribution < 1.29 is 4.39 Å². The summed E-state index contributed by atoms with van der Waals surface area (Å²) in [4.78, 5) is 0. The molecule has 0 spiro atoms. The maximum Gasteiger partial charge on any atom is 0.142 e. The first kappa shape index (κ1) is 8.80. The highest BCUT2D eigenvalue weighted by Crippen LogP contribution is 2.19. The van der Waals surface area contributed by atoms with E-state index in [9.17, 15) is 4.39 Å². The molecule has 0 saturated heterocycles. The van der Waals surface area contributed by atoms with Gasteiger partial charge in [0.25, 0.3) is 0 Å². The fourth-order valence-corrected chi connectivity index (χ4v) is 1.03. The van der Waals surface area contributed by atoms with E-state index in [1.807, 2.05) is 13.8 Å². The number of hydrogen-bond donors (Lipinski definition) is 0. The molecule has 0 N–H and O–H groups in total. The molecule has 0 heterocycles. The molecule has 61 valence electrons. The van der Waals surface area contributed by atoms with Crippen LogP contribution in [0.5, 0.6) is 0 Å². The van der Waals surface area contributed by atoms with Crippen molar-refractivity contribution in [3.8, 4) is 12.3 Å². The van der Waals surface area contributed by atoms with E-state index in [0.29, 0.717) is 11.1 Å². The average molecular weight is 161 g/mol. The van der Waals surface area contributed by atoms with Gasteiger partial charge in [-0.3, -0.25) is 0 Å². The second-order valence-electron chi connectivity index (χ2n) is 2.81. The fourth-order valence-electron chi connectivity index (χ4n) is 1.03. The van der Waals surface area contributed by atoms with Crippen LogP contribution in [0.4, 0.5) is 4.39 Å². The van der Waals surface area contributed by atoms with E-state index >= 15 is 0 Å². The second-order valence-corrected chi connectivity index (χ2v) is 2.81. The zero-order chi connectivity index (χ0) is 9.14. The van der Waals surface area contributed by atoms with Crippen LogP contribution in [0.25, 0.3) is 0 Å².